The van der Waals surface area contributed by atoms with Crippen molar-refractivity contribution in [3.8, 4) is 0 Å². The largest absolute Gasteiger partial charge is 0.467 e. The minimum Gasteiger partial charge on any atom is -0.467 e. The number of piperazine rings is 1. The fraction of sp³-hybridized carbons (Fsp3) is 0.467. The normalized spacial score (nSPS) is 16.1. The van der Waals surface area contributed by atoms with Crippen LogP contribution in [-0.4, -0.2) is 47.6 Å². The Hall–Kier alpha value is -2.08. The van der Waals surface area contributed by atoms with E-state index in [9.17, 15) is 0 Å². The molecule has 1 aliphatic heterocycles. The maximum absolute atomic E-state index is 5.30. The van der Waals surface area contributed by atoms with Gasteiger partial charge in [0.1, 0.15) is 11.6 Å². The molecule has 0 saturated carbocycles. The Balaban J connectivity index is 1.60. The van der Waals surface area contributed by atoms with Gasteiger partial charge in [0.25, 0.3) is 0 Å². The van der Waals surface area contributed by atoms with Crippen LogP contribution in [0, 0.1) is 0 Å². The van der Waals surface area contributed by atoms with Crippen LogP contribution in [0.4, 0.5) is 11.8 Å². The maximum Gasteiger partial charge on any atom is 0.227 e. The molecule has 2 aromatic heterocycles. The number of nitrogens with zero attached hydrogens (tertiary/aromatic N) is 4. The number of hydrogen-bond donors (Lipinski definition) is 1. The molecule has 0 unspecified atom stereocenters. The Morgan fingerprint density at radius 3 is 2.81 bits per heavy atom. The summed E-state index contributed by atoms with van der Waals surface area (Å²) in [4.78, 5) is 13.7. The third-order valence-electron chi connectivity index (χ3n) is 3.77. The fourth-order valence-corrected chi connectivity index (χ4v) is 2.45. The highest BCUT2D eigenvalue weighted by Gasteiger charge is 2.17. The molecule has 0 bridgehead atoms. The lowest BCUT2D eigenvalue weighted by atomic mass is 10.3. The minimum atomic E-state index is 0.632. The van der Waals surface area contributed by atoms with Crippen LogP contribution in [0.25, 0.3) is 0 Å². The molecule has 1 saturated heterocycles. The number of furan rings is 1. The van der Waals surface area contributed by atoms with Gasteiger partial charge in [-0.25, -0.2) is 4.98 Å². The predicted octanol–water partition coefficient (Wildman–Crippen LogP) is 1.82. The van der Waals surface area contributed by atoms with E-state index in [1.165, 1.54) is 0 Å². The monoisotopic (exact) mass is 287 g/mol. The second kappa shape index (κ2) is 6.58. The number of likely N-dealkylation sites (N-methyl/N-ethyl adjacent to an activating group) is 1. The zero-order valence-corrected chi connectivity index (χ0v) is 12.3. The summed E-state index contributed by atoms with van der Waals surface area (Å²) in [6.45, 7) is 8.05. The van der Waals surface area contributed by atoms with Crippen molar-refractivity contribution in [1.82, 2.24) is 14.9 Å². The molecule has 6 nitrogen and oxygen atoms in total. The van der Waals surface area contributed by atoms with Gasteiger partial charge >= 0.3 is 0 Å². The summed E-state index contributed by atoms with van der Waals surface area (Å²) in [5, 5.41) is 3.26. The van der Waals surface area contributed by atoms with Crippen molar-refractivity contribution in [2.75, 3.05) is 42.9 Å². The molecule has 0 aliphatic carbocycles. The van der Waals surface area contributed by atoms with Crippen LogP contribution in [0.2, 0.25) is 0 Å². The number of anilines is 2. The minimum absolute atomic E-state index is 0.632. The first kappa shape index (κ1) is 13.9. The average Bonchev–Trinajstić information content (AvgIpc) is 3.07. The number of nitrogens with one attached hydrogen (secondary N) is 1. The summed E-state index contributed by atoms with van der Waals surface area (Å²) in [5.74, 6) is 2.52. The van der Waals surface area contributed by atoms with Crippen LogP contribution in [0.5, 0.6) is 0 Å². The van der Waals surface area contributed by atoms with Crippen molar-refractivity contribution < 1.29 is 4.42 Å². The van der Waals surface area contributed by atoms with Crippen LogP contribution in [0.3, 0.4) is 0 Å². The van der Waals surface area contributed by atoms with E-state index in [0.717, 1.165) is 50.3 Å². The zero-order valence-electron chi connectivity index (χ0n) is 12.3. The van der Waals surface area contributed by atoms with Crippen LogP contribution in [-0.2, 0) is 6.54 Å². The first-order valence-corrected chi connectivity index (χ1v) is 7.42. The summed E-state index contributed by atoms with van der Waals surface area (Å²) < 4.78 is 5.30. The summed E-state index contributed by atoms with van der Waals surface area (Å²) >= 11 is 0. The summed E-state index contributed by atoms with van der Waals surface area (Å²) in [6, 6.07) is 5.71. The predicted molar refractivity (Wildman–Crippen MR) is 82.4 cm³/mol. The lowest BCUT2D eigenvalue weighted by molar-refractivity contribution is 0.270. The van der Waals surface area contributed by atoms with Gasteiger partial charge in [-0.1, -0.05) is 6.92 Å². The highest BCUT2D eigenvalue weighted by atomic mass is 16.3. The standard InChI is InChI=1S/C15H21N5O/c1-2-19-7-9-20(10-8-19)15-16-6-5-14(18-15)17-12-13-4-3-11-21-13/h3-6,11H,2,7-10,12H2,1H3,(H,16,17,18). The van der Waals surface area contributed by atoms with Gasteiger partial charge in [0.2, 0.25) is 5.95 Å². The second-order valence-electron chi connectivity index (χ2n) is 5.10. The molecule has 0 amide bonds. The molecule has 0 atom stereocenters. The van der Waals surface area contributed by atoms with Crippen molar-refractivity contribution >= 4 is 11.8 Å². The number of hydrogen-bond acceptors (Lipinski definition) is 6. The summed E-state index contributed by atoms with van der Waals surface area (Å²) in [5.41, 5.74) is 0. The first-order chi connectivity index (χ1) is 10.3. The number of rotatable bonds is 5. The SMILES string of the molecule is CCN1CCN(c2nccc(NCc3ccco3)n2)CC1. The summed E-state index contributed by atoms with van der Waals surface area (Å²) in [7, 11) is 0. The zero-order chi connectivity index (χ0) is 14.5. The van der Waals surface area contributed by atoms with Crippen LogP contribution < -0.4 is 10.2 Å². The van der Waals surface area contributed by atoms with E-state index in [2.05, 4.69) is 32.0 Å². The van der Waals surface area contributed by atoms with Crippen molar-refractivity contribution in [3.63, 3.8) is 0 Å². The highest BCUT2D eigenvalue weighted by Crippen LogP contribution is 2.14. The van der Waals surface area contributed by atoms with Gasteiger partial charge in [-0.2, -0.15) is 4.98 Å². The van der Waals surface area contributed by atoms with Gasteiger partial charge in [-0.15, -0.1) is 0 Å². The number of aromatic nitrogens is 2. The molecule has 1 fully saturated rings. The maximum atomic E-state index is 5.30. The highest BCUT2D eigenvalue weighted by molar-refractivity contribution is 5.41. The molecule has 3 rings (SSSR count). The molecule has 0 spiro atoms. The molecule has 1 aliphatic rings. The van der Waals surface area contributed by atoms with Crippen molar-refractivity contribution in [2.24, 2.45) is 0 Å². The van der Waals surface area contributed by atoms with Gasteiger partial charge in [0.05, 0.1) is 12.8 Å². The Labute approximate surface area is 124 Å². The van der Waals surface area contributed by atoms with Gasteiger partial charge in [-0.3, -0.25) is 0 Å². The van der Waals surface area contributed by atoms with E-state index in [1.54, 1.807) is 12.5 Å². The topological polar surface area (TPSA) is 57.4 Å². The second-order valence-corrected chi connectivity index (χ2v) is 5.10. The van der Waals surface area contributed by atoms with Gasteiger partial charge in [-0.05, 0) is 24.7 Å². The van der Waals surface area contributed by atoms with E-state index < -0.39 is 0 Å². The average molecular weight is 287 g/mol. The van der Waals surface area contributed by atoms with Gasteiger partial charge in [0, 0.05) is 32.4 Å². The van der Waals surface area contributed by atoms with Crippen molar-refractivity contribution in [2.45, 2.75) is 13.5 Å². The molecular formula is C15H21N5O. The Bertz CT molecular complexity index is 549. The quantitative estimate of drug-likeness (QED) is 0.905. The molecule has 1 N–H and O–H groups in total. The smallest absolute Gasteiger partial charge is 0.227 e. The third kappa shape index (κ3) is 3.52. The van der Waals surface area contributed by atoms with E-state index in [-0.39, 0.29) is 0 Å². The molecule has 2 aromatic rings. The molecule has 0 radical (unpaired) electrons. The van der Waals surface area contributed by atoms with E-state index in [4.69, 9.17) is 4.42 Å². The lowest BCUT2D eigenvalue weighted by Crippen LogP contribution is -2.46. The molecular weight excluding hydrogens is 266 g/mol. The Kier molecular flexibility index (Phi) is 4.35. The lowest BCUT2D eigenvalue weighted by Gasteiger charge is -2.34. The van der Waals surface area contributed by atoms with Crippen LogP contribution >= 0.6 is 0 Å². The third-order valence-corrected chi connectivity index (χ3v) is 3.77. The molecule has 0 aromatic carbocycles. The molecule has 112 valence electrons. The Morgan fingerprint density at radius 1 is 1.24 bits per heavy atom. The van der Waals surface area contributed by atoms with Crippen LogP contribution in [0.15, 0.2) is 35.1 Å². The Morgan fingerprint density at radius 2 is 2.10 bits per heavy atom. The van der Waals surface area contributed by atoms with Gasteiger partial charge in [0.15, 0.2) is 0 Å². The van der Waals surface area contributed by atoms with Crippen molar-refractivity contribution in [1.29, 1.82) is 0 Å². The molecule has 21 heavy (non-hydrogen) atoms. The van der Waals surface area contributed by atoms with E-state index in [0.29, 0.717) is 6.54 Å². The van der Waals surface area contributed by atoms with Crippen LogP contribution in [0.1, 0.15) is 12.7 Å². The van der Waals surface area contributed by atoms with E-state index in [1.807, 2.05) is 18.2 Å². The fourth-order valence-electron chi connectivity index (χ4n) is 2.45. The molecule has 6 heteroatoms. The van der Waals surface area contributed by atoms with Gasteiger partial charge < -0.3 is 19.5 Å². The molecule has 3 heterocycles. The summed E-state index contributed by atoms with van der Waals surface area (Å²) in [6.07, 6.45) is 3.48. The van der Waals surface area contributed by atoms with Crippen molar-refractivity contribution in [3.05, 3.63) is 36.4 Å². The first-order valence-electron chi connectivity index (χ1n) is 7.42. The van der Waals surface area contributed by atoms with E-state index >= 15 is 0 Å².